The molecule has 4 nitrogen and oxygen atoms in total. The molecule has 1 aliphatic rings. The van der Waals surface area contributed by atoms with E-state index in [2.05, 4.69) is 0 Å². The molecule has 1 aliphatic heterocycles. The lowest BCUT2D eigenvalue weighted by molar-refractivity contribution is -0.137. The van der Waals surface area contributed by atoms with Crippen LogP contribution in [-0.4, -0.2) is 36.0 Å². The van der Waals surface area contributed by atoms with Crippen molar-refractivity contribution in [2.45, 2.75) is 18.3 Å². The van der Waals surface area contributed by atoms with Crippen molar-refractivity contribution in [1.82, 2.24) is 4.90 Å². The second-order valence-corrected chi connectivity index (χ2v) is 5.14. The predicted octanol–water partition coefficient (Wildman–Crippen LogP) is 1.47. The minimum absolute atomic E-state index is 0.0805. The van der Waals surface area contributed by atoms with Crippen LogP contribution in [0.1, 0.15) is 15.9 Å². The number of carbonyl (C=O) groups excluding carboxylic acids is 1. The van der Waals surface area contributed by atoms with E-state index in [0.29, 0.717) is 0 Å². The Morgan fingerprint density at radius 1 is 1.25 bits per heavy atom. The van der Waals surface area contributed by atoms with Crippen LogP contribution in [0.5, 0.6) is 0 Å². The Kier molecular flexibility index (Phi) is 3.95. The molecule has 1 aromatic carbocycles. The zero-order chi connectivity index (χ0) is 15.1. The Balaban J connectivity index is 2.28. The lowest BCUT2D eigenvalue weighted by Gasteiger charge is -2.17. The molecule has 2 rings (SSSR count). The Labute approximate surface area is 118 Å². The van der Waals surface area contributed by atoms with Crippen molar-refractivity contribution < 1.29 is 18.0 Å². The second-order valence-electron chi connectivity index (χ2n) is 4.73. The van der Waals surface area contributed by atoms with Crippen molar-refractivity contribution in [1.29, 1.82) is 0 Å². The minimum atomic E-state index is -4.61. The van der Waals surface area contributed by atoms with Gasteiger partial charge in [0.15, 0.2) is 0 Å². The highest BCUT2D eigenvalue weighted by atomic mass is 35.5. The fraction of sp³-hybridized carbons (Fsp3) is 0.417. The molecule has 4 N–H and O–H groups in total. The highest BCUT2D eigenvalue weighted by Gasteiger charge is 2.35. The summed E-state index contributed by atoms with van der Waals surface area (Å²) in [5.74, 6) is -0.532. The minimum Gasteiger partial charge on any atom is -0.335 e. The van der Waals surface area contributed by atoms with Gasteiger partial charge in [0.25, 0.3) is 5.91 Å². The van der Waals surface area contributed by atoms with Crippen LogP contribution in [0, 0.1) is 0 Å². The second kappa shape index (κ2) is 5.23. The van der Waals surface area contributed by atoms with E-state index in [4.69, 9.17) is 23.1 Å². The highest BCUT2D eigenvalue weighted by Crippen LogP contribution is 2.35. The largest absolute Gasteiger partial charge is 0.417 e. The van der Waals surface area contributed by atoms with Crippen LogP contribution in [0.15, 0.2) is 18.2 Å². The Bertz CT molecular complexity index is 525. The summed E-state index contributed by atoms with van der Waals surface area (Å²) in [6, 6.07) is 2.34. The van der Waals surface area contributed by atoms with Crippen molar-refractivity contribution in [3.8, 4) is 0 Å². The molecular formula is C12H13ClF3N3O. The Morgan fingerprint density at radius 2 is 1.80 bits per heavy atom. The zero-order valence-corrected chi connectivity index (χ0v) is 11.1. The summed E-state index contributed by atoms with van der Waals surface area (Å²) in [6.07, 6.45) is -4.61. The predicted molar refractivity (Wildman–Crippen MR) is 68.3 cm³/mol. The van der Waals surface area contributed by atoms with Crippen molar-refractivity contribution in [2.24, 2.45) is 11.5 Å². The van der Waals surface area contributed by atoms with E-state index < -0.39 is 22.7 Å². The van der Waals surface area contributed by atoms with Gasteiger partial charge in [0.05, 0.1) is 10.6 Å². The molecule has 20 heavy (non-hydrogen) atoms. The number of rotatable bonds is 1. The molecule has 2 atom stereocenters. The molecule has 8 heteroatoms. The molecule has 110 valence electrons. The first-order valence-electron chi connectivity index (χ1n) is 5.87. The fourth-order valence-electron chi connectivity index (χ4n) is 2.08. The summed E-state index contributed by atoms with van der Waals surface area (Å²) < 4.78 is 38.2. The van der Waals surface area contributed by atoms with E-state index in [-0.39, 0.29) is 30.7 Å². The van der Waals surface area contributed by atoms with Gasteiger partial charge in [-0.1, -0.05) is 11.6 Å². The Morgan fingerprint density at radius 3 is 2.30 bits per heavy atom. The van der Waals surface area contributed by atoms with Crippen molar-refractivity contribution >= 4 is 17.5 Å². The molecule has 1 fully saturated rings. The normalized spacial score (nSPS) is 23.2. The van der Waals surface area contributed by atoms with Gasteiger partial charge < -0.3 is 16.4 Å². The fourth-order valence-corrected chi connectivity index (χ4v) is 2.30. The average Bonchev–Trinajstić information content (AvgIpc) is 2.68. The standard InChI is InChI=1S/C12H13ClF3N3O/c13-8-2-1-6(3-7(8)12(14,15)16)11(20)19-4-9(17)10(18)5-19/h1-3,9-10H,4-5,17-18H2/t9-,10-/m1/s1. The summed E-state index contributed by atoms with van der Waals surface area (Å²) in [4.78, 5) is 13.5. The summed E-state index contributed by atoms with van der Waals surface area (Å²) in [5, 5.41) is -0.441. The molecule has 0 aromatic heterocycles. The molecule has 0 bridgehead atoms. The zero-order valence-electron chi connectivity index (χ0n) is 10.3. The number of benzene rings is 1. The van der Waals surface area contributed by atoms with Gasteiger partial charge in [-0.15, -0.1) is 0 Å². The molecular weight excluding hydrogens is 295 g/mol. The average molecular weight is 308 g/mol. The van der Waals surface area contributed by atoms with Crippen molar-refractivity contribution in [3.05, 3.63) is 34.3 Å². The molecule has 1 heterocycles. The Hall–Kier alpha value is -1.31. The first-order valence-corrected chi connectivity index (χ1v) is 6.25. The van der Waals surface area contributed by atoms with Gasteiger partial charge in [0.1, 0.15) is 0 Å². The van der Waals surface area contributed by atoms with Crippen molar-refractivity contribution in [2.75, 3.05) is 13.1 Å². The van der Waals surface area contributed by atoms with Gasteiger partial charge in [-0.2, -0.15) is 13.2 Å². The number of hydrogen-bond acceptors (Lipinski definition) is 3. The maximum atomic E-state index is 12.7. The van der Waals surface area contributed by atoms with Gasteiger partial charge in [-0.3, -0.25) is 4.79 Å². The first kappa shape index (κ1) is 15.1. The van der Waals surface area contributed by atoms with Gasteiger partial charge in [-0.25, -0.2) is 0 Å². The van der Waals surface area contributed by atoms with E-state index in [0.717, 1.165) is 12.1 Å². The quantitative estimate of drug-likeness (QED) is 0.825. The SMILES string of the molecule is N[C@@H]1CN(C(=O)c2ccc(Cl)c(C(F)(F)F)c2)C[C@H]1N. The smallest absolute Gasteiger partial charge is 0.335 e. The van der Waals surface area contributed by atoms with Gasteiger partial charge in [0, 0.05) is 30.7 Å². The first-order chi connectivity index (χ1) is 9.20. The lowest BCUT2D eigenvalue weighted by Crippen LogP contribution is -2.39. The number of halogens is 4. The van der Waals surface area contributed by atoms with E-state index in [1.54, 1.807) is 0 Å². The third kappa shape index (κ3) is 2.89. The maximum Gasteiger partial charge on any atom is 0.417 e. The maximum absolute atomic E-state index is 12.7. The number of nitrogens with two attached hydrogens (primary N) is 2. The number of carbonyl (C=O) groups is 1. The third-order valence-electron chi connectivity index (χ3n) is 3.22. The van der Waals surface area contributed by atoms with Gasteiger partial charge in [0.2, 0.25) is 0 Å². The van der Waals surface area contributed by atoms with E-state index in [1.165, 1.54) is 11.0 Å². The van der Waals surface area contributed by atoms with Crippen LogP contribution in [0.2, 0.25) is 5.02 Å². The van der Waals surface area contributed by atoms with Crippen LogP contribution in [0.3, 0.4) is 0 Å². The third-order valence-corrected chi connectivity index (χ3v) is 3.55. The molecule has 0 saturated carbocycles. The molecule has 1 saturated heterocycles. The van der Waals surface area contributed by atoms with Crippen LogP contribution < -0.4 is 11.5 Å². The number of amides is 1. The topological polar surface area (TPSA) is 72.3 Å². The highest BCUT2D eigenvalue weighted by molar-refractivity contribution is 6.31. The van der Waals surface area contributed by atoms with Crippen LogP contribution in [0.25, 0.3) is 0 Å². The number of nitrogens with zero attached hydrogens (tertiary/aromatic N) is 1. The molecule has 0 spiro atoms. The number of alkyl halides is 3. The monoisotopic (exact) mass is 307 g/mol. The lowest BCUT2D eigenvalue weighted by atomic mass is 10.1. The van der Waals surface area contributed by atoms with Crippen LogP contribution in [0.4, 0.5) is 13.2 Å². The van der Waals surface area contributed by atoms with Crippen LogP contribution >= 0.6 is 11.6 Å². The number of hydrogen-bond donors (Lipinski definition) is 2. The van der Waals surface area contributed by atoms with Crippen molar-refractivity contribution in [3.63, 3.8) is 0 Å². The van der Waals surface area contributed by atoms with Crippen LogP contribution in [-0.2, 0) is 6.18 Å². The van der Waals surface area contributed by atoms with E-state index in [1.807, 2.05) is 0 Å². The number of likely N-dealkylation sites (tertiary alicyclic amines) is 1. The molecule has 1 amide bonds. The van der Waals surface area contributed by atoms with E-state index in [9.17, 15) is 18.0 Å². The summed E-state index contributed by atoms with van der Waals surface area (Å²) in [7, 11) is 0. The molecule has 0 unspecified atom stereocenters. The van der Waals surface area contributed by atoms with Gasteiger partial charge in [-0.05, 0) is 18.2 Å². The summed E-state index contributed by atoms with van der Waals surface area (Å²) in [5.41, 5.74) is 10.3. The summed E-state index contributed by atoms with van der Waals surface area (Å²) >= 11 is 5.51. The molecule has 0 aliphatic carbocycles. The molecule has 1 aromatic rings. The molecule has 0 radical (unpaired) electrons. The van der Waals surface area contributed by atoms with Gasteiger partial charge >= 0.3 is 6.18 Å². The summed E-state index contributed by atoms with van der Waals surface area (Å²) in [6.45, 7) is 0.452. The van der Waals surface area contributed by atoms with E-state index >= 15 is 0 Å².